The van der Waals surface area contributed by atoms with Gasteiger partial charge in [-0.2, -0.15) is 5.26 Å². The quantitative estimate of drug-likeness (QED) is 0.454. The van der Waals surface area contributed by atoms with Gasteiger partial charge in [0.15, 0.2) is 21.3 Å². The number of methoxy groups -OCH3 is 2. The SMILES string of the molecule is COc1ccc(CCN2CCC(S(=O)(=O)c3ccc(-c4ccc(C#N)cc4)cc3)CC2)cc1OC. The molecule has 0 saturated carbocycles. The Balaban J connectivity index is 1.34. The van der Waals surface area contributed by atoms with E-state index in [1.807, 2.05) is 42.5 Å². The van der Waals surface area contributed by atoms with E-state index in [-0.39, 0.29) is 5.25 Å². The van der Waals surface area contributed by atoms with Crippen LogP contribution in [0.1, 0.15) is 24.0 Å². The second kappa shape index (κ2) is 10.9. The third kappa shape index (κ3) is 5.67. The molecule has 0 unspecified atom stereocenters. The molecule has 1 saturated heterocycles. The molecule has 1 aliphatic rings. The number of hydrogen-bond acceptors (Lipinski definition) is 6. The highest BCUT2D eigenvalue weighted by atomic mass is 32.2. The van der Waals surface area contributed by atoms with E-state index in [9.17, 15) is 8.42 Å². The highest BCUT2D eigenvalue weighted by molar-refractivity contribution is 7.92. The fourth-order valence-corrected chi connectivity index (χ4v) is 6.27. The lowest BCUT2D eigenvalue weighted by Gasteiger charge is -2.31. The number of sulfone groups is 1. The largest absolute Gasteiger partial charge is 0.493 e. The zero-order valence-corrected chi connectivity index (χ0v) is 20.9. The summed E-state index contributed by atoms with van der Waals surface area (Å²) in [7, 11) is -0.122. The van der Waals surface area contributed by atoms with Crippen molar-refractivity contribution in [1.29, 1.82) is 5.26 Å². The van der Waals surface area contributed by atoms with Crippen molar-refractivity contribution in [2.24, 2.45) is 0 Å². The van der Waals surface area contributed by atoms with Gasteiger partial charge in [0.2, 0.25) is 0 Å². The monoisotopic (exact) mass is 490 g/mol. The van der Waals surface area contributed by atoms with E-state index >= 15 is 0 Å². The van der Waals surface area contributed by atoms with Crippen LogP contribution in [0, 0.1) is 11.3 Å². The number of nitriles is 1. The van der Waals surface area contributed by atoms with Gasteiger partial charge in [0.05, 0.1) is 36.0 Å². The summed E-state index contributed by atoms with van der Waals surface area (Å²) in [4.78, 5) is 2.70. The van der Waals surface area contributed by atoms with Crippen molar-refractivity contribution in [2.45, 2.75) is 29.4 Å². The van der Waals surface area contributed by atoms with Crippen LogP contribution < -0.4 is 9.47 Å². The van der Waals surface area contributed by atoms with Crippen LogP contribution in [0.2, 0.25) is 0 Å². The number of ether oxygens (including phenoxy) is 2. The van der Waals surface area contributed by atoms with Gasteiger partial charge in [-0.15, -0.1) is 0 Å². The Bertz CT molecular complexity index is 1290. The number of piperidine rings is 1. The summed E-state index contributed by atoms with van der Waals surface area (Å²) in [6, 6.07) is 22.4. The fraction of sp³-hybridized carbons (Fsp3) is 0.321. The van der Waals surface area contributed by atoms with Crippen LogP contribution in [0.5, 0.6) is 11.5 Å². The summed E-state index contributed by atoms with van der Waals surface area (Å²) < 4.78 is 37.2. The van der Waals surface area contributed by atoms with Crippen molar-refractivity contribution >= 4 is 9.84 Å². The number of nitrogens with zero attached hydrogens (tertiary/aromatic N) is 2. The Labute approximate surface area is 207 Å². The van der Waals surface area contributed by atoms with Crippen LogP contribution in [0.15, 0.2) is 71.6 Å². The molecule has 0 spiro atoms. The molecule has 1 heterocycles. The van der Waals surface area contributed by atoms with Gasteiger partial charge in [-0.05, 0) is 85.4 Å². The first kappa shape index (κ1) is 24.8. The Morgan fingerprint density at radius 2 is 1.49 bits per heavy atom. The van der Waals surface area contributed by atoms with Crippen LogP contribution in [-0.2, 0) is 16.3 Å². The molecule has 0 aliphatic carbocycles. The lowest BCUT2D eigenvalue weighted by atomic mass is 10.0. The molecule has 6 nitrogen and oxygen atoms in total. The summed E-state index contributed by atoms with van der Waals surface area (Å²) >= 11 is 0. The standard InChI is InChI=1S/C28H30N2O4S/c1-33-27-12-5-21(19-28(27)34-2)13-16-30-17-14-26(15-18-30)35(31,32)25-10-8-24(9-11-25)23-6-3-22(20-29)4-7-23/h3-12,19,26H,13-18H2,1-2H3. The van der Waals surface area contributed by atoms with Gasteiger partial charge in [0, 0.05) is 6.54 Å². The molecule has 1 aliphatic heterocycles. The molecule has 7 heteroatoms. The summed E-state index contributed by atoms with van der Waals surface area (Å²) in [5, 5.41) is 8.60. The molecule has 4 rings (SSSR count). The third-order valence-electron chi connectivity index (χ3n) is 6.67. The third-order valence-corrected chi connectivity index (χ3v) is 8.95. The highest BCUT2D eigenvalue weighted by Gasteiger charge is 2.31. The molecule has 3 aromatic rings. The minimum absolute atomic E-state index is 0.361. The van der Waals surface area contributed by atoms with Gasteiger partial charge in [0.1, 0.15) is 0 Å². The minimum atomic E-state index is -3.38. The lowest BCUT2D eigenvalue weighted by Crippen LogP contribution is -2.40. The predicted molar refractivity (Wildman–Crippen MR) is 136 cm³/mol. The molecule has 182 valence electrons. The molecule has 1 fully saturated rings. The van der Waals surface area contributed by atoms with E-state index in [4.69, 9.17) is 14.7 Å². The first-order chi connectivity index (χ1) is 16.9. The van der Waals surface area contributed by atoms with Crippen molar-refractivity contribution in [3.63, 3.8) is 0 Å². The maximum atomic E-state index is 13.3. The van der Waals surface area contributed by atoms with Gasteiger partial charge >= 0.3 is 0 Å². The van der Waals surface area contributed by atoms with Crippen molar-refractivity contribution in [2.75, 3.05) is 33.9 Å². The van der Waals surface area contributed by atoms with E-state index in [0.717, 1.165) is 42.9 Å². The topological polar surface area (TPSA) is 79.6 Å². The normalized spacial score (nSPS) is 14.9. The van der Waals surface area contributed by atoms with Gasteiger partial charge in [0.25, 0.3) is 0 Å². The average molecular weight is 491 g/mol. The first-order valence-electron chi connectivity index (χ1n) is 11.7. The van der Waals surface area contributed by atoms with Crippen molar-refractivity contribution in [3.8, 4) is 28.7 Å². The maximum Gasteiger partial charge on any atom is 0.181 e. The predicted octanol–water partition coefficient (Wildman–Crippen LogP) is 4.72. The molecular weight excluding hydrogens is 460 g/mol. The van der Waals surface area contributed by atoms with Gasteiger partial charge in [-0.25, -0.2) is 8.42 Å². The number of likely N-dealkylation sites (tertiary alicyclic amines) is 1. The molecular formula is C28H30N2O4S. The van der Waals surface area contributed by atoms with Crippen LogP contribution in [0.25, 0.3) is 11.1 Å². The summed E-state index contributed by atoms with van der Waals surface area (Å²) in [5.41, 5.74) is 3.65. The molecule has 3 aromatic carbocycles. The Hall–Kier alpha value is -3.34. The van der Waals surface area contributed by atoms with Crippen molar-refractivity contribution in [1.82, 2.24) is 4.90 Å². The van der Waals surface area contributed by atoms with Crippen LogP contribution in [0.3, 0.4) is 0 Å². The molecule has 0 N–H and O–H groups in total. The second-order valence-electron chi connectivity index (χ2n) is 8.74. The van der Waals surface area contributed by atoms with Crippen LogP contribution in [-0.4, -0.2) is 52.4 Å². The maximum absolute atomic E-state index is 13.3. The van der Waals surface area contributed by atoms with E-state index in [0.29, 0.717) is 29.1 Å². The molecule has 0 amide bonds. The Morgan fingerprint density at radius 3 is 2.06 bits per heavy atom. The summed E-state index contributed by atoms with van der Waals surface area (Å²) in [6.07, 6.45) is 2.13. The molecule has 0 atom stereocenters. The van der Waals surface area contributed by atoms with Gasteiger partial charge in [-0.1, -0.05) is 30.3 Å². The Morgan fingerprint density at radius 1 is 0.886 bits per heavy atom. The number of rotatable bonds is 8. The van der Waals surface area contributed by atoms with E-state index in [1.54, 1.807) is 38.5 Å². The minimum Gasteiger partial charge on any atom is -0.493 e. The lowest BCUT2D eigenvalue weighted by molar-refractivity contribution is 0.232. The van der Waals surface area contributed by atoms with E-state index in [2.05, 4.69) is 11.0 Å². The highest BCUT2D eigenvalue weighted by Crippen LogP contribution is 2.29. The molecule has 0 bridgehead atoms. The van der Waals surface area contributed by atoms with E-state index < -0.39 is 9.84 Å². The Kier molecular flexibility index (Phi) is 7.74. The van der Waals surface area contributed by atoms with Gasteiger partial charge in [-0.3, -0.25) is 0 Å². The van der Waals surface area contributed by atoms with Crippen molar-refractivity contribution in [3.05, 3.63) is 77.9 Å². The molecule has 0 radical (unpaired) electrons. The fourth-order valence-electron chi connectivity index (χ4n) is 4.53. The van der Waals surface area contributed by atoms with Crippen LogP contribution in [0.4, 0.5) is 0 Å². The number of hydrogen-bond donors (Lipinski definition) is 0. The molecule has 0 aromatic heterocycles. The zero-order valence-electron chi connectivity index (χ0n) is 20.1. The molecule has 35 heavy (non-hydrogen) atoms. The summed E-state index contributed by atoms with van der Waals surface area (Å²) in [6.45, 7) is 2.41. The average Bonchev–Trinajstić information content (AvgIpc) is 2.92. The smallest absolute Gasteiger partial charge is 0.181 e. The summed E-state index contributed by atoms with van der Waals surface area (Å²) in [5.74, 6) is 1.44. The number of benzene rings is 3. The zero-order chi connectivity index (χ0) is 24.8. The van der Waals surface area contributed by atoms with Gasteiger partial charge < -0.3 is 14.4 Å². The van der Waals surface area contributed by atoms with Crippen molar-refractivity contribution < 1.29 is 17.9 Å². The van der Waals surface area contributed by atoms with Crippen LogP contribution >= 0.6 is 0 Å². The second-order valence-corrected chi connectivity index (χ2v) is 11.0. The van der Waals surface area contributed by atoms with E-state index in [1.165, 1.54) is 5.56 Å². The first-order valence-corrected chi connectivity index (χ1v) is 13.3.